The number of halogens is 1. The van der Waals surface area contributed by atoms with Crippen molar-refractivity contribution in [2.24, 2.45) is 5.92 Å². The Hall–Kier alpha value is -1.26. The first-order valence-corrected chi connectivity index (χ1v) is 4.95. The van der Waals surface area contributed by atoms with Crippen LogP contribution in [0.4, 0.5) is 4.39 Å². The number of Topliss-reactive ketones (excluding diaryl/α,β-unsaturated/α-hetero) is 1. The third-order valence-corrected chi connectivity index (χ3v) is 2.42. The van der Waals surface area contributed by atoms with Gasteiger partial charge in [0.1, 0.15) is 5.82 Å². The fourth-order valence-corrected chi connectivity index (χ4v) is 1.51. The molecule has 0 spiro atoms. The van der Waals surface area contributed by atoms with E-state index in [1.807, 2.05) is 0 Å². The van der Waals surface area contributed by atoms with Crippen molar-refractivity contribution in [1.29, 1.82) is 0 Å². The van der Waals surface area contributed by atoms with Gasteiger partial charge in [-0.2, -0.15) is 0 Å². The zero-order chi connectivity index (χ0) is 12.1. The number of rotatable bonds is 5. The predicted molar refractivity (Wildman–Crippen MR) is 57.7 cm³/mol. The number of ether oxygens (including phenoxy) is 2. The Bertz CT molecular complexity index is 344. The van der Waals surface area contributed by atoms with E-state index in [1.54, 1.807) is 6.92 Å². The molecule has 0 bridgehead atoms. The summed E-state index contributed by atoms with van der Waals surface area (Å²) in [6.45, 7) is 1.71. The number of hydrogen-bond acceptors (Lipinski definition) is 3. The van der Waals surface area contributed by atoms with Crippen LogP contribution in [0.25, 0.3) is 0 Å². The smallest absolute Gasteiger partial charge is 0.170 e. The second-order valence-corrected chi connectivity index (χ2v) is 3.50. The number of carbonyl (C=O) groups excluding carboxylic acids is 1. The summed E-state index contributed by atoms with van der Waals surface area (Å²) in [7, 11) is 2.95. The summed E-state index contributed by atoms with van der Waals surface area (Å²) in [5.41, 5.74) is 0.452. The molecule has 0 saturated carbocycles. The van der Waals surface area contributed by atoms with Gasteiger partial charge in [0.15, 0.2) is 12.1 Å². The van der Waals surface area contributed by atoms with Gasteiger partial charge in [-0.1, -0.05) is 6.92 Å². The lowest BCUT2D eigenvalue weighted by atomic mass is 9.99. The van der Waals surface area contributed by atoms with E-state index >= 15 is 0 Å². The van der Waals surface area contributed by atoms with Crippen LogP contribution in [0, 0.1) is 11.7 Å². The van der Waals surface area contributed by atoms with E-state index in [2.05, 4.69) is 0 Å². The number of ketones is 1. The SMILES string of the molecule is COC(OC)C(C)C(=O)c1ccc(F)cc1. The molecule has 1 aromatic rings. The summed E-state index contributed by atoms with van der Waals surface area (Å²) in [4.78, 5) is 11.9. The second-order valence-electron chi connectivity index (χ2n) is 3.50. The molecular weight excluding hydrogens is 211 g/mol. The standard InChI is InChI=1S/C12H15FO3/c1-8(12(15-2)16-3)11(14)9-4-6-10(13)7-5-9/h4-8,12H,1-3H3. The van der Waals surface area contributed by atoms with Gasteiger partial charge in [0, 0.05) is 19.8 Å². The summed E-state index contributed by atoms with van der Waals surface area (Å²) in [6, 6.07) is 5.43. The van der Waals surface area contributed by atoms with Gasteiger partial charge in [-0.3, -0.25) is 4.79 Å². The number of benzene rings is 1. The van der Waals surface area contributed by atoms with E-state index in [1.165, 1.54) is 38.5 Å². The van der Waals surface area contributed by atoms with Crippen molar-refractivity contribution >= 4 is 5.78 Å². The van der Waals surface area contributed by atoms with Crippen LogP contribution in [-0.2, 0) is 9.47 Å². The van der Waals surface area contributed by atoms with Gasteiger partial charge in [-0.15, -0.1) is 0 Å². The van der Waals surface area contributed by atoms with Crippen molar-refractivity contribution in [3.63, 3.8) is 0 Å². The Kier molecular flexibility index (Phi) is 4.58. The van der Waals surface area contributed by atoms with E-state index in [4.69, 9.17) is 9.47 Å². The first-order chi connectivity index (χ1) is 7.60. The summed E-state index contributed by atoms with van der Waals surface area (Å²) in [6.07, 6.45) is -0.586. The van der Waals surface area contributed by atoms with Gasteiger partial charge >= 0.3 is 0 Å². The molecule has 0 aliphatic carbocycles. The van der Waals surface area contributed by atoms with Crippen molar-refractivity contribution in [3.05, 3.63) is 35.6 Å². The molecule has 16 heavy (non-hydrogen) atoms. The molecule has 3 nitrogen and oxygen atoms in total. The second kappa shape index (κ2) is 5.72. The normalized spacial score (nSPS) is 12.8. The Balaban J connectivity index is 2.81. The van der Waals surface area contributed by atoms with Gasteiger partial charge in [0.05, 0.1) is 5.92 Å². The largest absolute Gasteiger partial charge is 0.355 e. The molecule has 0 amide bonds. The van der Waals surface area contributed by atoms with Crippen LogP contribution >= 0.6 is 0 Å². The molecule has 0 aliphatic heterocycles. The zero-order valence-electron chi connectivity index (χ0n) is 9.57. The minimum atomic E-state index is -0.586. The first-order valence-electron chi connectivity index (χ1n) is 4.95. The van der Waals surface area contributed by atoms with Crippen molar-refractivity contribution in [2.75, 3.05) is 14.2 Å². The molecule has 1 unspecified atom stereocenters. The molecule has 0 saturated heterocycles. The Morgan fingerprint density at radius 1 is 1.19 bits per heavy atom. The van der Waals surface area contributed by atoms with Crippen LogP contribution in [0.3, 0.4) is 0 Å². The summed E-state index contributed by atoms with van der Waals surface area (Å²) >= 11 is 0. The van der Waals surface area contributed by atoms with Gasteiger partial charge < -0.3 is 9.47 Å². The monoisotopic (exact) mass is 226 g/mol. The zero-order valence-corrected chi connectivity index (χ0v) is 9.57. The number of methoxy groups -OCH3 is 2. The summed E-state index contributed by atoms with van der Waals surface area (Å²) < 4.78 is 22.7. The summed E-state index contributed by atoms with van der Waals surface area (Å²) in [5.74, 6) is -0.923. The molecule has 1 rings (SSSR count). The van der Waals surface area contributed by atoms with Gasteiger partial charge in [0.25, 0.3) is 0 Å². The van der Waals surface area contributed by atoms with Gasteiger partial charge in [0.2, 0.25) is 0 Å². The highest BCUT2D eigenvalue weighted by molar-refractivity contribution is 5.97. The molecule has 0 radical (unpaired) electrons. The Labute approximate surface area is 94.2 Å². The lowest BCUT2D eigenvalue weighted by molar-refractivity contribution is -0.123. The maximum absolute atomic E-state index is 12.7. The van der Waals surface area contributed by atoms with Gasteiger partial charge in [-0.25, -0.2) is 4.39 Å². The minimum Gasteiger partial charge on any atom is -0.355 e. The molecular formula is C12H15FO3. The lowest BCUT2D eigenvalue weighted by Gasteiger charge is -2.19. The molecule has 0 aliphatic rings. The Morgan fingerprint density at radius 3 is 2.12 bits per heavy atom. The molecule has 0 heterocycles. The minimum absolute atomic E-state index is 0.131. The molecule has 1 atom stereocenters. The highest BCUT2D eigenvalue weighted by Gasteiger charge is 2.24. The van der Waals surface area contributed by atoms with Gasteiger partial charge in [-0.05, 0) is 24.3 Å². The van der Waals surface area contributed by atoms with Crippen LogP contribution in [0.2, 0.25) is 0 Å². The van der Waals surface area contributed by atoms with E-state index in [-0.39, 0.29) is 11.6 Å². The average Bonchev–Trinajstić information content (AvgIpc) is 2.30. The third-order valence-electron chi connectivity index (χ3n) is 2.42. The molecule has 1 aromatic carbocycles. The quantitative estimate of drug-likeness (QED) is 0.570. The van der Waals surface area contributed by atoms with Crippen molar-refractivity contribution in [3.8, 4) is 0 Å². The average molecular weight is 226 g/mol. The van der Waals surface area contributed by atoms with Crippen molar-refractivity contribution in [1.82, 2.24) is 0 Å². The molecule has 0 fully saturated rings. The lowest BCUT2D eigenvalue weighted by Crippen LogP contribution is -2.29. The topological polar surface area (TPSA) is 35.5 Å². The van der Waals surface area contributed by atoms with Crippen molar-refractivity contribution < 1.29 is 18.7 Å². The number of hydrogen-bond donors (Lipinski definition) is 0. The van der Waals surface area contributed by atoms with E-state index in [0.717, 1.165) is 0 Å². The van der Waals surface area contributed by atoms with Crippen LogP contribution < -0.4 is 0 Å². The van der Waals surface area contributed by atoms with Crippen LogP contribution in [0.1, 0.15) is 17.3 Å². The predicted octanol–water partition coefficient (Wildman–Crippen LogP) is 2.26. The van der Waals surface area contributed by atoms with E-state index in [9.17, 15) is 9.18 Å². The fraction of sp³-hybridized carbons (Fsp3) is 0.417. The third kappa shape index (κ3) is 2.87. The van der Waals surface area contributed by atoms with Crippen molar-refractivity contribution in [2.45, 2.75) is 13.2 Å². The number of carbonyl (C=O) groups is 1. The molecule has 88 valence electrons. The Morgan fingerprint density at radius 2 is 1.69 bits per heavy atom. The van der Waals surface area contributed by atoms with Crippen LogP contribution in [0.5, 0.6) is 0 Å². The molecule has 4 heteroatoms. The van der Waals surface area contributed by atoms with E-state index in [0.29, 0.717) is 5.56 Å². The highest BCUT2D eigenvalue weighted by atomic mass is 19.1. The van der Waals surface area contributed by atoms with Crippen LogP contribution in [-0.4, -0.2) is 26.3 Å². The van der Waals surface area contributed by atoms with Crippen LogP contribution in [0.15, 0.2) is 24.3 Å². The van der Waals surface area contributed by atoms with E-state index < -0.39 is 12.2 Å². The first kappa shape index (κ1) is 12.8. The molecule has 0 N–H and O–H groups in total. The summed E-state index contributed by atoms with van der Waals surface area (Å²) in [5, 5.41) is 0. The maximum atomic E-state index is 12.7. The highest BCUT2D eigenvalue weighted by Crippen LogP contribution is 2.15. The maximum Gasteiger partial charge on any atom is 0.170 e. The molecule has 0 aromatic heterocycles. The fourth-order valence-electron chi connectivity index (χ4n) is 1.51.